The van der Waals surface area contributed by atoms with Crippen molar-refractivity contribution in [1.82, 2.24) is 20.9 Å². The van der Waals surface area contributed by atoms with E-state index < -0.39 is 0 Å². The molecule has 0 saturated heterocycles. The largest absolute Gasteiger partial charge is 0.492 e. The standard InChI is InChI=1S/C23H35FN4O4/c1-25-16-21(30)26-10-4-7-17-8-9-19(24)15-20(17)32-14-11-27-22(18-5-3-6-18)23(31)28(2)12-13-29/h8-9,13,15,18,22,25,27H,3-7,10-12,14,16H2,1-2H3,(H,26,30). The number of halogens is 1. The van der Waals surface area contributed by atoms with Crippen LogP contribution in [0.4, 0.5) is 4.39 Å². The van der Waals surface area contributed by atoms with Crippen molar-refractivity contribution in [3.63, 3.8) is 0 Å². The summed E-state index contributed by atoms with van der Waals surface area (Å²) in [4.78, 5) is 36.3. The summed E-state index contributed by atoms with van der Waals surface area (Å²) in [5.41, 5.74) is 0.867. The average Bonchev–Trinajstić information content (AvgIpc) is 2.73. The van der Waals surface area contributed by atoms with Gasteiger partial charge >= 0.3 is 0 Å². The van der Waals surface area contributed by atoms with Crippen LogP contribution in [0.1, 0.15) is 31.2 Å². The van der Waals surface area contributed by atoms with Crippen LogP contribution in [0, 0.1) is 11.7 Å². The summed E-state index contributed by atoms with van der Waals surface area (Å²) in [6, 6.07) is 4.11. The molecule has 2 amide bonds. The van der Waals surface area contributed by atoms with E-state index in [4.69, 9.17) is 4.74 Å². The Hall–Kier alpha value is -2.52. The maximum Gasteiger partial charge on any atom is 0.240 e. The molecule has 9 heteroatoms. The Morgan fingerprint density at radius 2 is 2.09 bits per heavy atom. The summed E-state index contributed by atoms with van der Waals surface area (Å²) < 4.78 is 19.6. The number of benzene rings is 1. The molecule has 1 unspecified atom stereocenters. The molecule has 0 radical (unpaired) electrons. The minimum absolute atomic E-state index is 0.0662. The summed E-state index contributed by atoms with van der Waals surface area (Å²) in [6.07, 6.45) is 5.14. The fourth-order valence-electron chi connectivity index (χ4n) is 3.64. The topological polar surface area (TPSA) is 99.8 Å². The second kappa shape index (κ2) is 13.8. The summed E-state index contributed by atoms with van der Waals surface area (Å²) >= 11 is 0. The Bertz CT molecular complexity index is 758. The van der Waals surface area contributed by atoms with Crippen LogP contribution in [-0.2, 0) is 20.8 Å². The van der Waals surface area contributed by atoms with Crippen LogP contribution in [-0.4, -0.2) is 75.9 Å². The van der Waals surface area contributed by atoms with Gasteiger partial charge in [0, 0.05) is 26.2 Å². The van der Waals surface area contributed by atoms with Crippen LogP contribution in [0.15, 0.2) is 18.2 Å². The second-order valence-electron chi connectivity index (χ2n) is 8.09. The number of carbonyl (C=O) groups is 3. The number of amides is 2. The van der Waals surface area contributed by atoms with Crippen LogP contribution in [0.2, 0.25) is 0 Å². The lowest BCUT2D eigenvalue weighted by atomic mass is 9.79. The number of carbonyl (C=O) groups excluding carboxylic acids is 3. The molecule has 8 nitrogen and oxygen atoms in total. The quantitative estimate of drug-likeness (QED) is 0.271. The van der Waals surface area contributed by atoms with Gasteiger partial charge in [0.15, 0.2) is 0 Å². The van der Waals surface area contributed by atoms with E-state index in [2.05, 4.69) is 16.0 Å². The monoisotopic (exact) mass is 450 g/mol. The lowest BCUT2D eigenvalue weighted by Gasteiger charge is -2.35. The van der Waals surface area contributed by atoms with E-state index >= 15 is 0 Å². The minimum atomic E-state index is -0.378. The third kappa shape index (κ3) is 8.20. The van der Waals surface area contributed by atoms with Gasteiger partial charge in [0.25, 0.3) is 0 Å². The summed E-state index contributed by atoms with van der Waals surface area (Å²) in [5, 5.41) is 8.87. The third-order valence-electron chi connectivity index (χ3n) is 5.65. The second-order valence-corrected chi connectivity index (χ2v) is 8.09. The van der Waals surface area contributed by atoms with Gasteiger partial charge in [0.05, 0.1) is 19.1 Å². The van der Waals surface area contributed by atoms with Gasteiger partial charge in [-0.1, -0.05) is 12.5 Å². The third-order valence-corrected chi connectivity index (χ3v) is 5.65. The normalized spacial score (nSPS) is 14.3. The van der Waals surface area contributed by atoms with Crippen molar-refractivity contribution < 1.29 is 23.5 Å². The Balaban J connectivity index is 1.84. The van der Waals surface area contributed by atoms with Crippen LogP contribution < -0.4 is 20.7 Å². The molecule has 0 bridgehead atoms. The number of likely N-dealkylation sites (N-methyl/N-ethyl adjacent to an activating group) is 2. The Morgan fingerprint density at radius 3 is 2.75 bits per heavy atom. The average molecular weight is 451 g/mol. The predicted octanol–water partition coefficient (Wildman–Crippen LogP) is 0.888. The Morgan fingerprint density at radius 1 is 1.31 bits per heavy atom. The number of aryl methyl sites for hydroxylation is 1. The molecular weight excluding hydrogens is 415 g/mol. The highest BCUT2D eigenvalue weighted by atomic mass is 19.1. The molecule has 32 heavy (non-hydrogen) atoms. The number of rotatable bonds is 15. The zero-order valence-corrected chi connectivity index (χ0v) is 19.0. The smallest absolute Gasteiger partial charge is 0.240 e. The molecular formula is C23H35FN4O4. The highest BCUT2D eigenvalue weighted by Gasteiger charge is 2.33. The molecule has 2 rings (SSSR count). The lowest BCUT2D eigenvalue weighted by molar-refractivity contribution is -0.136. The van der Waals surface area contributed by atoms with Gasteiger partial charge in [0.1, 0.15) is 24.5 Å². The van der Waals surface area contributed by atoms with Gasteiger partial charge in [0.2, 0.25) is 11.8 Å². The molecule has 1 atom stereocenters. The van der Waals surface area contributed by atoms with Gasteiger partial charge in [-0.2, -0.15) is 0 Å². The number of hydrogen-bond donors (Lipinski definition) is 3. The van der Waals surface area contributed by atoms with E-state index in [1.165, 1.54) is 17.0 Å². The molecule has 0 aliphatic heterocycles. The molecule has 178 valence electrons. The van der Waals surface area contributed by atoms with Crippen LogP contribution >= 0.6 is 0 Å². The number of hydrogen-bond acceptors (Lipinski definition) is 6. The van der Waals surface area contributed by atoms with E-state index in [1.54, 1.807) is 20.2 Å². The maximum absolute atomic E-state index is 13.8. The lowest BCUT2D eigenvalue weighted by Crippen LogP contribution is -2.52. The van der Waals surface area contributed by atoms with E-state index in [9.17, 15) is 18.8 Å². The van der Waals surface area contributed by atoms with E-state index in [0.29, 0.717) is 31.7 Å². The molecule has 1 aromatic rings. The van der Waals surface area contributed by atoms with Gasteiger partial charge in [-0.3, -0.25) is 9.59 Å². The Kier molecular flexibility index (Phi) is 11.1. The first-order chi connectivity index (χ1) is 15.5. The van der Waals surface area contributed by atoms with Crippen LogP contribution in [0.5, 0.6) is 5.75 Å². The summed E-state index contributed by atoms with van der Waals surface area (Å²) in [6.45, 7) is 1.58. The van der Waals surface area contributed by atoms with Crippen LogP contribution in [0.25, 0.3) is 0 Å². The number of nitrogens with zero attached hydrogens (tertiary/aromatic N) is 1. The van der Waals surface area contributed by atoms with Crippen LogP contribution in [0.3, 0.4) is 0 Å². The molecule has 1 aliphatic carbocycles. The molecule has 1 aliphatic rings. The predicted molar refractivity (Wildman–Crippen MR) is 120 cm³/mol. The molecule has 0 heterocycles. The first kappa shape index (κ1) is 25.7. The van der Waals surface area contributed by atoms with E-state index in [0.717, 1.165) is 31.1 Å². The highest BCUT2D eigenvalue weighted by molar-refractivity contribution is 5.83. The minimum Gasteiger partial charge on any atom is -0.492 e. The maximum atomic E-state index is 13.8. The van der Waals surface area contributed by atoms with E-state index in [-0.39, 0.29) is 49.3 Å². The summed E-state index contributed by atoms with van der Waals surface area (Å²) in [5.74, 6) is 0.200. The zero-order chi connectivity index (χ0) is 23.3. The molecule has 1 saturated carbocycles. The van der Waals surface area contributed by atoms with Crippen molar-refractivity contribution >= 4 is 18.1 Å². The van der Waals surface area contributed by atoms with E-state index in [1.807, 2.05) is 0 Å². The molecule has 1 aromatic carbocycles. The first-order valence-corrected chi connectivity index (χ1v) is 11.2. The van der Waals surface area contributed by atoms with Crippen molar-refractivity contribution in [3.05, 3.63) is 29.6 Å². The Labute approximate surface area is 189 Å². The molecule has 0 spiro atoms. The number of ether oxygens (including phenoxy) is 1. The fraction of sp³-hybridized carbons (Fsp3) is 0.609. The molecule has 0 aromatic heterocycles. The molecule has 1 fully saturated rings. The summed E-state index contributed by atoms with van der Waals surface area (Å²) in [7, 11) is 3.34. The van der Waals surface area contributed by atoms with Crippen molar-refractivity contribution in [3.8, 4) is 5.75 Å². The van der Waals surface area contributed by atoms with Crippen molar-refractivity contribution in [2.45, 2.75) is 38.1 Å². The molecule has 3 N–H and O–H groups in total. The zero-order valence-electron chi connectivity index (χ0n) is 19.0. The first-order valence-electron chi connectivity index (χ1n) is 11.2. The number of nitrogens with one attached hydrogen (secondary N) is 3. The SMILES string of the molecule is CNCC(=O)NCCCc1ccc(F)cc1OCCNC(C(=O)N(C)CC=O)C1CCC1. The van der Waals surface area contributed by atoms with Gasteiger partial charge < -0.3 is 30.4 Å². The van der Waals surface area contributed by atoms with Gasteiger partial charge in [-0.05, 0) is 50.3 Å². The van der Waals surface area contributed by atoms with Crippen molar-refractivity contribution in [1.29, 1.82) is 0 Å². The highest BCUT2D eigenvalue weighted by Crippen LogP contribution is 2.30. The van der Waals surface area contributed by atoms with Gasteiger partial charge in [-0.25, -0.2) is 4.39 Å². The van der Waals surface area contributed by atoms with Crippen molar-refractivity contribution in [2.24, 2.45) is 5.92 Å². The fourth-order valence-corrected chi connectivity index (χ4v) is 3.64. The number of aldehydes is 1. The van der Waals surface area contributed by atoms with Crippen molar-refractivity contribution in [2.75, 3.05) is 46.9 Å². The van der Waals surface area contributed by atoms with Gasteiger partial charge in [-0.15, -0.1) is 0 Å².